The van der Waals surface area contributed by atoms with Gasteiger partial charge in [0.25, 0.3) is 5.91 Å². The largest absolute Gasteiger partial charge is 0.350 e. The first-order chi connectivity index (χ1) is 9.22. The summed E-state index contributed by atoms with van der Waals surface area (Å²) in [6.07, 6.45) is 3.65. The predicted molar refractivity (Wildman–Crippen MR) is 81.4 cm³/mol. The van der Waals surface area contributed by atoms with E-state index in [0.717, 1.165) is 17.4 Å². The van der Waals surface area contributed by atoms with Crippen LogP contribution in [0.25, 0.3) is 0 Å². The fourth-order valence-corrected chi connectivity index (χ4v) is 3.05. The van der Waals surface area contributed by atoms with Crippen LogP contribution in [0.4, 0.5) is 0 Å². The number of hydrogen-bond donors (Lipinski definition) is 1. The second-order valence-electron chi connectivity index (χ2n) is 5.00. The normalized spacial score (nSPS) is 17.4. The minimum atomic E-state index is 0.00474. The zero-order valence-electron chi connectivity index (χ0n) is 11.4. The number of likely N-dealkylation sites (tertiary alicyclic amines) is 1. The SMILES string of the molecule is CC[C@@H](CNC(=O)c1ccccc1Br)N1CCCC1. The number of nitrogens with one attached hydrogen (secondary N) is 1. The number of benzene rings is 1. The van der Waals surface area contributed by atoms with E-state index < -0.39 is 0 Å². The van der Waals surface area contributed by atoms with Crippen LogP contribution in [-0.4, -0.2) is 36.5 Å². The monoisotopic (exact) mass is 324 g/mol. The maximum atomic E-state index is 12.1. The van der Waals surface area contributed by atoms with Gasteiger partial charge in [-0.15, -0.1) is 0 Å². The summed E-state index contributed by atoms with van der Waals surface area (Å²) in [5.41, 5.74) is 0.707. The molecule has 0 unspecified atom stereocenters. The molecule has 1 aliphatic heterocycles. The first kappa shape index (κ1) is 14.5. The van der Waals surface area contributed by atoms with Crippen LogP contribution in [-0.2, 0) is 0 Å². The molecular weight excluding hydrogens is 304 g/mol. The van der Waals surface area contributed by atoms with E-state index in [1.54, 1.807) is 0 Å². The maximum absolute atomic E-state index is 12.1. The van der Waals surface area contributed by atoms with Crippen molar-refractivity contribution in [3.63, 3.8) is 0 Å². The van der Waals surface area contributed by atoms with Crippen LogP contribution >= 0.6 is 15.9 Å². The van der Waals surface area contributed by atoms with E-state index in [4.69, 9.17) is 0 Å². The second-order valence-corrected chi connectivity index (χ2v) is 5.85. The zero-order chi connectivity index (χ0) is 13.7. The van der Waals surface area contributed by atoms with E-state index in [-0.39, 0.29) is 5.91 Å². The van der Waals surface area contributed by atoms with Gasteiger partial charge in [0.2, 0.25) is 0 Å². The van der Waals surface area contributed by atoms with Gasteiger partial charge in [-0.2, -0.15) is 0 Å². The number of halogens is 1. The molecule has 1 atom stereocenters. The lowest BCUT2D eigenvalue weighted by Crippen LogP contribution is -2.42. The minimum absolute atomic E-state index is 0.00474. The lowest BCUT2D eigenvalue weighted by Gasteiger charge is -2.26. The quantitative estimate of drug-likeness (QED) is 0.902. The first-order valence-electron chi connectivity index (χ1n) is 6.99. The Bertz CT molecular complexity index is 430. The van der Waals surface area contributed by atoms with Gasteiger partial charge in [0.15, 0.2) is 0 Å². The molecule has 1 amide bonds. The van der Waals surface area contributed by atoms with Gasteiger partial charge in [0.05, 0.1) is 5.56 Å². The molecule has 1 aliphatic rings. The zero-order valence-corrected chi connectivity index (χ0v) is 12.9. The Labute approximate surface area is 123 Å². The van der Waals surface area contributed by atoms with E-state index in [2.05, 4.69) is 33.1 Å². The van der Waals surface area contributed by atoms with Crippen LogP contribution in [0.3, 0.4) is 0 Å². The molecule has 0 saturated carbocycles. The summed E-state index contributed by atoms with van der Waals surface area (Å²) in [6.45, 7) is 5.26. The van der Waals surface area contributed by atoms with Crippen molar-refractivity contribution in [1.29, 1.82) is 0 Å². The van der Waals surface area contributed by atoms with Crippen molar-refractivity contribution in [3.05, 3.63) is 34.3 Å². The van der Waals surface area contributed by atoms with Crippen LogP contribution < -0.4 is 5.32 Å². The Kier molecular flexibility index (Phi) is 5.40. The van der Waals surface area contributed by atoms with Crippen LogP contribution in [0.5, 0.6) is 0 Å². The van der Waals surface area contributed by atoms with Gasteiger partial charge in [0.1, 0.15) is 0 Å². The molecule has 0 radical (unpaired) electrons. The number of carbonyl (C=O) groups is 1. The van der Waals surface area contributed by atoms with Crippen LogP contribution in [0, 0.1) is 0 Å². The Morgan fingerprint density at radius 2 is 2.05 bits per heavy atom. The highest BCUT2D eigenvalue weighted by Crippen LogP contribution is 2.16. The molecule has 0 aromatic heterocycles. The molecule has 1 aromatic rings. The lowest BCUT2D eigenvalue weighted by atomic mass is 10.1. The fourth-order valence-electron chi connectivity index (χ4n) is 2.59. The lowest BCUT2D eigenvalue weighted by molar-refractivity contribution is 0.0936. The van der Waals surface area contributed by atoms with E-state index in [1.165, 1.54) is 25.9 Å². The van der Waals surface area contributed by atoms with Crippen molar-refractivity contribution in [2.75, 3.05) is 19.6 Å². The molecule has 1 heterocycles. The summed E-state index contributed by atoms with van der Waals surface area (Å²) in [5, 5.41) is 3.06. The van der Waals surface area contributed by atoms with Gasteiger partial charge < -0.3 is 5.32 Å². The van der Waals surface area contributed by atoms with Gasteiger partial charge in [-0.1, -0.05) is 19.1 Å². The smallest absolute Gasteiger partial charge is 0.252 e. The summed E-state index contributed by atoms with van der Waals surface area (Å²) >= 11 is 3.42. The van der Waals surface area contributed by atoms with Crippen molar-refractivity contribution in [2.24, 2.45) is 0 Å². The third-order valence-electron chi connectivity index (χ3n) is 3.75. The highest BCUT2D eigenvalue weighted by Gasteiger charge is 2.21. The van der Waals surface area contributed by atoms with E-state index >= 15 is 0 Å². The van der Waals surface area contributed by atoms with E-state index in [9.17, 15) is 4.79 Å². The summed E-state index contributed by atoms with van der Waals surface area (Å²) in [6, 6.07) is 8.01. The molecule has 4 heteroatoms. The topological polar surface area (TPSA) is 32.3 Å². The number of amides is 1. The summed E-state index contributed by atoms with van der Waals surface area (Å²) in [5.74, 6) is 0.00474. The molecule has 0 aliphatic carbocycles. The van der Waals surface area contributed by atoms with Crippen molar-refractivity contribution >= 4 is 21.8 Å². The van der Waals surface area contributed by atoms with Crippen molar-refractivity contribution in [3.8, 4) is 0 Å². The molecular formula is C15H21BrN2O. The number of nitrogens with zero attached hydrogens (tertiary/aromatic N) is 1. The second kappa shape index (κ2) is 7.06. The Morgan fingerprint density at radius 3 is 2.68 bits per heavy atom. The summed E-state index contributed by atoms with van der Waals surface area (Å²) < 4.78 is 0.849. The molecule has 1 aromatic carbocycles. The Balaban J connectivity index is 1.90. The standard InChI is InChI=1S/C15H21BrN2O/c1-2-12(18-9-5-6-10-18)11-17-15(19)13-7-3-4-8-14(13)16/h3-4,7-8,12H,2,5-6,9-11H2,1H3,(H,17,19)/t12-/m0/s1. The fraction of sp³-hybridized carbons (Fsp3) is 0.533. The molecule has 0 spiro atoms. The van der Waals surface area contributed by atoms with Crippen LogP contribution in [0.15, 0.2) is 28.7 Å². The van der Waals surface area contributed by atoms with Gasteiger partial charge >= 0.3 is 0 Å². The maximum Gasteiger partial charge on any atom is 0.252 e. The number of hydrogen-bond acceptors (Lipinski definition) is 2. The van der Waals surface area contributed by atoms with Crippen molar-refractivity contribution in [1.82, 2.24) is 10.2 Å². The molecule has 3 nitrogen and oxygen atoms in total. The number of rotatable bonds is 5. The van der Waals surface area contributed by atoms with Gasteiger partial charge in [-0.3, -0.25) is 9.69 Å². The highest BCUT2D eigenvalue weighted by atomic mass is 79.9. The molecule has 104 valence electrons. The van der Waals surface area contributed by atoms with Gasteiger partial charge in [-0.05, 0) is 60.4 Å². The van der Waals surface area contributed by atoms with Crippen LogP contribution in [0.1, 0.15) is 36.5 Å². The number of carbonyl (C=O) groups excluding carboxylic acids is 1. The Hall–Kier alpha value is -0.870. The van der Waals surface area contributed by atoms with Crippen LogP contribution in [0.2, 0.25) is 0 Å². The van der Waals surface area contributed by atoms with Gasteiger partial charge in [-0.25, -0.2) is 0 Å². The average molecular weight is 325 g/mol. The predicted octanol–water partition coefficient (Wildman–Crippen LogP) is 3.05. The minimum Gasteiger partial charge on any atom is -0.350 e. The molecule has 1 fully saturated rings. The molecule has 1 N–H and O–H groups in total. The third kappa shape index (κ3) is 3.80. The van der Waals surface area contributed by atoms with E-state index in [1.807, 2.05) is 24.3 Å². The molecule has 2 rings (SSSR count). The van der Waals surface area contributed by atoms with E-state index in [0.29, 0.717) is 11.6 Å². The summed E-state index contributed by atoms with van der Waals surface area (Å²) in [7, 11) is 0. The van der Waals surface area contributed by atoms with Gasteiger partial charge in [0, 0.05) is 17.1 Å². The molecule has 0 bridgehead atoms. The van der Waals surface area contributed by atoms with Crippen molar-refractivity contribution < 1.29 is 4.79 Å². The summed E-state index contributed by atoms with van der Waals surface area (Å²) in [4.78, 5) is 14.6. The molecule has 1 saturated heterocycles. The Morgan fingerprint density at radius 1 is 1.37 bits per heavy atom. The molecule has 19 heavy (non-hydrogen) atoms. The highest BCUT2D eigenvalue weighted by molar-refractivity contribution is 9.10. The van der Waals surface area contributed by atoms with Crippen molar-refractivity contribution in [2.45, 2.75) is 32.2 Å². The first-order valence-corrected chi connectivity index (χ1v) is 7.78. The average Bonchev–Trinajstić information content (AvgIpc) is 2.94. The third-order valence-corrected chi connectivity index (χ3v) is 4.44.